The molecule has 7 nitrogen and oxygen atoms in total. The Morgan fingerprint density at radius 2 is 1.91 bits per heavy atom. The van der Waals surface area contributed by atoms with Gasteiger partial charge >= 0.3 is 14.8 Å². The van der Waals surface area contributed by atoms with E-state index >= 15 is 0 Å². The van der Waals surface area contributed by atoms with Crippen molar-refractivity contribution in [2.75, 3.05) is 12.1 Å². The molecular formula is C13H17Br2NO6. The summed E-state index contributed by atoms with van der Waals surface area (Å²) in [5.41, 5.74) is 1.60. The summed E-state index contributed by atoms with van der Waals surface area (Å²) in [6.45, 7) is 6.24. The Morgan fingerprint density at radius 3 is 2.50 bits per heavy atom. The van der Waals surface area contributed by atoms with Crippen molar-refractivity contribution in [1.29, 1.82) is 0 Å². The Balaban J connectivity index is 0.000000396. The average Bonchev–Trinajstić information content (AvgIpc) is 2.88. The van der Waals surface area contributed by atoms with E-state index in [1.54, 1.807) is 0 Å². The van der Waals surface area contributed by atoms with E-state index in [9.17, 15) is 5.11 Å². The lowest BCUT2D eigenvalue weighted by molar-refractivity contribution is -1.63. The third-order valence-electron chi connectivity index (χ3n) is 3.78. The monoisotopic (exact) mass is 441 g/mol. The van der Waals surface area contributed by atoms with Crippen LogP contribution >= 0.6 is 15.9 Å². The molecule has 0 spiro atoms. The predicted octanol–water partition coefficient (Wildman–Crippen LogP) is -0.0887. The van der Waals surface area contributed by atoms with Crippen molar-refractivity contribution in [3.63, 3.8) is 0 Å². The van der Waals surface area contributed by atoms with Crippen LogP contribution in [0.15, 0.2) is 10.5 Å². The largest absolute Gasteiger partial charge is 0.452 e. The Bertz CT molecular complexity index is 563. The minimum atomic E-state index is -3.40. The second kappa shape index (κ2) is 6.50. The lowest BCUT2D eigenvalue weighted by atomic mass is 9.79. The fourth-order valence-electron chi connectivity index (χ4n) is 2.73. The van der Waals surface area contributed by atoms with E-state index in [1.165, 1.54) is 0 Å². The zero-order valence-corrected chi connectivity index (χ0v) is 15.4. The second-order valence-corrected chi connectivity index (χ2v) is 7.37. The maximum Gasteiger partial charge on any atom is 0.433 e. The van der Waals surface area contributed by atoms with Crippen LogP contribution in [0.2, 0.25) is 0 Å². The molecule has 2 aliphatic heterocycles. The number of aliphatic hydroxyl groups is 1. The normalized spacial score (nSPS) is 24.2. The summed E-state index contributed by atoms with van der Waals surface area (Å²) in [5, 5.41) is 13.7. The van der Waals surface area contributed by atoms with E-state index in [-0.39, 0.29) is 18.2 Å². The van der Waals surface area contributed by atoms with Crippen LogP contribution in [0.4, 0.5) is 5.69 Å². The highest BCUT2D eigenvalue weighted by Crippen LogP contribution is 2.52. The van der Waals surface area contributed by atoms with Gasteiger partial charge in [0.2, 0.25) is 6.79 Å². The van der Waals surface area contributed by atoms with Crippen LogP contribution in [0.1, 0.15) is 32.3 Å². The predicted molar refractivity (Wildman–Crippen MR) is 74.6 cm³/mol. The highest BCUT2D eigenvalue weighted by Gasteiger charge is 2.41. The molecule has 0 saturated carbocycles. The maximum atomic E-state index is 10.3. The summed E-state index contributed by atoms with van der Waals surface area (Å²) in [5.74, 6) is 1.52. The molecule has 2 heterocycles. The number of ether oxygens (including phenoxy) is 2. The zero-order chi connectivity index (χ0) is 16.7. The van der Waals surface area contributed by atoms with Gasteiger partial charge in [-0.25, -0.2) is 0 Å². The number of fused-ring (bicyclic) bond motifs is 3. The maximum absolute atomic E-state index is 10.3. The molecule has 3 N–H and O–H groups in total. The van der Waals surface area contributed by atoms with Gasteiger partial charge in [-0.05, 0) is 45.6 Å². The van der Waals surface area contributed by atoms with Gasteiger partial charge in [0.25, 0.3) is 0 Å². The Labute approximate surface area is 141 Å². The standard InChI is InChI=1S/C13H16BrNO3.BrHO3/c1-6-7-4-8(14)10-11(18-5-17-10)9(7)15-13(2,3)12(6)16;2-1(3)4/h4,6,12,15-16H,5H2,1-3H3;2H. The molecule has 22 heavy (non-hydrogen) atoms. The summed E-state index contributed by atoms with van der Waals surface area (Å²) in [4.78, 5) is 0. The van der Waals surface area contributed by atoms with Crippen molar-refractivity contribution in [2.24, 2.45) is 0 Å². The molecule has 0 bridgehead atoms. The number of rotatable bonds is 0. The van der Waals surface area contributed by atoms with Gasteiger partial charge in [0, 0.05) is 5.92 Å². The number of hydrogen-bond donors (Lipinski definition) is 3. The highest BCUT2D eigenvalue weighted by molar-refractivity contribution is 9.10. The van der Waals surface area contributed by atoms with Crippen LogP contribution in [0.5, 0.6) is 11.5 Å². The minimum absolute atomic E-state index is 0.0436. The smallest absolute Gasteiger partial charge is 0.433 e. The van der Waals surface area contributed by atoms with Crippen molar-refractivity contribution in [2.45, 2.75) is 38.3 Å². The van der Waals surface area contributed by atoms with Crippen LogP contribution in [0.3, 0.4) is 0 Å². The minimum Gasteiger partial charge on any atom is -0.452 e. The summed E-state index contributed by atoms with van der Waals surface area (Å²) in [6.07, 6.45) is -0.447. The SMILES string of the molecule is CC1c2cc(Br)c3c(c2NC(C)(C)C1O)OCO3.[O-][Br+2]([O-])O. The van der Waals surface area contributed by atoms with Crippen LogP contribution in [0, 0.1) is 14.8 Å². The molecule has 0 amide bonds. The zero-order valence-electron chi connectivity index (χ0n) is 12.2. The van der Waals surface area contributed by atoms with Gasteiger partial charge in [-0.2, -0.15) is 0 Å². The number of halogens is 2. The molecule has 1 aromatic rings. The molecule has 0 radical (unpaired) electrons. The second-order valence-electron chi connectivity index (χ2n) is 5.67. The number of aliphatic hydroxyl groups excluding tert-OH is 1. The third-order valence-corrected chi connectivity index (χ3v) is 4.37. The van der Waals surface area contributed by atoms with Crippen molar-refractivity contribution in [3.8, 4) is 11.5 Å². The van der Waals surface area contributed by atoms with Gasteiger partial charge in [0.1, 0.15) is 0 Å². The number of nitrogens with one attached hydrogen (secondary N) is 1. The van der Waals surface area contributed by atoms with Gasteiger partial charge in [-0.15, -0.1) is 0 Å². The summed E-state index contributed by atoms with van der Waals surface area (Å²) < 4.78 is 36.2. The van der Waals surface area contributed by atoms with E-state index in [0.717, 1.165) is 27.2 Å². The van der Waals surface area contributed by atoms with Crippen molar-refractivity contribution in [3.05, 3.63) is 16.1 Å². The molecule has 0 fully saturated rings. The summed E-state index contributed by atoms with van der Waals surface area (Å²) >= 11 is 0.0921. The molecule has 9 heteroatoms. The molecule has 0 aliphatic carbocycles. The molecule has 2 atom stereocenters. The quantitative estimate of drug-likeness (QED) is 0.514. The summed E-state index contributed by atoms with van der Waals surface area (Å²) in [7, 11) is 0. The Kier molecular flexibility index (Phi) is 5.25. The number of benzene rings is 1. The van der Waals surface area contributed by atoms with Gasteiger partial charge < -0.3 is 28.3 Å². The van der Waals surface area contributed by atoms with E-state index in [4.69, 9.17) is 22.1 Å². The summed E-state index contributed by atoms with van der Waals surface area (Å²) in [6, 6.07) is 2.00. The molecule has 0 aromatic heterocycles. The highest BCUT2D eigenvalue weighted by atomic mass is 80.0. The first kappa shape index (κ1) is 17.8. The molecule has 124 valence electrons. The lowest BCUT2D eigenvalue weighted by Crippen LogP contribution is -2.49. The van der Waals surface area contributed by atoms with E-state index < -0.39 is 20.9 Å². The van der Waals surface area contributed by atoms with Crippen LogP contribution in [-0.2, 0) is 0 Å². The van der Waals surface area contributed by atoms with Crippen LogP contribution in [0.25, 0.3) is 0 Å². The molecule has 2 aliphatic rings. The molecule has 1 aromatic carbocycles. The molecule has 2 unspecified atom stereocenters. The van der Waals surface area contributed by atoms with E-state index in [2.05, 4.69) is 21.2 Å². The molecule has 3 rings (SSSR count). The van der Waals surface area contributed by atoms with Crippen molar-refractivity contribution >= 4 is 21.6 Å². The van der Waals surface area contributed by atoms with E-state index in [0.29, 0.717) is 0 Å². The first-order valence-corrected chi connectivity index (χ1v) is 9.27. The van der Waals surface area contributed by atoms with E-state index in [1.807, 2.05) is 26.8 Å². The first-order valence-electron chi connectivity index (χ1n) is 6.48. The van der Waals surface area contributed by atoms with Gasteiger partial charge in [-0.1, -0.05) is 6.92 Å². The fraction of sp³-hybridized carbons (Fsp3) is 0.538. The van der Waals surface area contributed by atoms with Crippen molar-refractivity contribution in [1.82, 2.24) is 0 Å². The number of hydrogen-bond acceptors (Lipinski definition) is 7. The van der Waals surface area contributed by atoms with Gasteiger partial charge in [0.05, 0.1) is 21.8 Å². The van der Waals surface area contributed by atoms with Crippen LogP contribution < -0.4 is 23.2 Å². The lowest BCUT2D eigenvalue weighted by Gasteiger charge is -2.42. The first-order chi connectivity index (χ1) is 10.1. The molecular weight excluding hydrogens is 426 g/mol. The Hall–Kier alpha value is -0.580. The van der Waals surface area contributed by atoms with Crippen molar-refractivity contribution < 1.29 is 42.0 Å². The average molecular weight is 443 g/mol. The van der Waals surface area contributed by atoms with Crippen LogP contribution in [-0.4, -0.2) is 27.7 Å². The molecule has 0 saturated heterocycles. The Morgan fingerprint density at radius 1 is 1.36 bits per heavy atom. The fourth-order valence-corrected chi connectivity index (χ4v) is 3.27. The van der Waals surface area contributed by atoms with Gasteiger partial charge in [0.15, 0.2) is 11.5 Å². The number of anilines is 1. The topological polar surface area (TPSA) is 117 Å². The van der Waals surface area contributed by atoms with Gasteiger partial charge in [-0.3, -0.25) is 0 Å². The third kappa shape index (κ3) is 3.34.